The molecule has 0 bridgehead atoms. The van der Waals surface area contributed by atoms with E-state index in [4.69, 9.17) is 14.5 Å². The first kappa shape index (κ1) is 19.4. The lowest BCUT2D eigenvalue weighted by atomic mass is 9.97. The lowest BCUT2D eigenvalue weighted by Gasteiger charge is -2.33. The Balaban J connectivity index is 1.38. The number of rotatable bonds is 7. The molecule has 0 aliphatic carbocycles. The Morgan fingerprint density at radius 1 is 1.18 bits per heavy atom. The van der Waals surface area contributed by atoms with Gasteiger partial charge in [0.1, 0.15) is 11.6 Å². The fourth-order valence-corrected chi connectivity index (χ4v) is 4.17. The summed E-state index contributed by atoms with van der Waals surface area (Å²) in [6.07, 6.45) is 8.34. The Kier molecular flexibility index (Phi) is 6.57. The van der Waals surface area contributed by atoms with Crippen molar-refractivity contribution in [1.29, 1.82) is 0 Å². The zero-order chi connectivity index (χ0) is 19.2. The molecule has 0 spiro atoms. The number of piperidine rings is 1. The fraction of sp³-hybridized carbons (Fsp3) is 0.619. The molecule has 7 heteroatoms. The quantitative estimate of drug-likeness (QED) is 0.728. The number of hydrogen-bond acceptors (Lipinski definition) is 6. The van der Waals surface area contributed by atoms with Gasteiger partial charge in [0.15, 0.2) is 0 Å². The molecule has 0 N–H and O–H groups in total. The molecule has 4 heterocycles. The summed E-state index contributed by atoms with van der Waals surface area (Å²) in [6, 6.07) is 4.40. The molecule has 0 aromatic carbocycles. The van der Waals surface area contributed by atoms with Gasteiger partial charge in [-0.1, -0.05) is 6.07 Å². The molecule has 152 valence electrons. The van der Waals surface area contributed by atoms with Crippen molar-refractivity contribution in [3.63, 3.8) is 0 Å². The second kappa shape index (κ2) is 9.49. The van der Waals surface area contributed by atoms with Gasteiger partial charge in [0.05, 0.1) is 19.8 Å². The summed E-state index contributed by atoms with van der Waals surface area (Å²) in [6.45, 7) is 8.24. The van der Waals surface area contributed by atoms with Crippen molar-refractivity contribution < 1.29 is 9.47 Å². The third-order valence-corrected chi connectivity index (χ3v) is 5.71. The minimum absolute atomic E-state index is 0.440. The van der Waals surface area contributed by atoms with E-state index in [0.29, 0.717) is 12.5 Å². The molecule has 1 atom stereocenters. The van der Waals surface area contributed by atoms with E-state index in [0.717, 1.165) is 58.3 Å². The first-order chi connectivity index (χ1) is 13.8. The van der Waals surface area contributed by atoms with Gasteiger partial charge >= 0.3 is 0 Å². The van der Waals surface area contributed by atoms with Crippen molar-refractivity contribution in [2.75, 3.05) is 58.0 Å². The molecular formula is C21H31N5O2. The van der Waals surface area contributed by atoms with Crippen molar-refractivity contribution in [3.8, 4) is 0 Å². The van der Waals surface area contributed by atoms with Crippen molar-refractivity contribution in [1.82, 2.24) is 19.4 Å². The van der Waals surface area contributed by atoms with Gasteiger partial charge in [-0.15, -0.1) is 0 Å². The van der Waals surface area contributed by atoms with E-state index in [1.807, 2.05) is 12.4 Å². The lowest BCUT2D eigenvalue weighted by Crippen LogP contribution is -2.36. The smallest absolute Gasteiger partial charge is 0.128 e. The number of ether oxygens (including phenoxy) is 2. The molecule has 0 unspecified atom stereocenters. The van der Waals surface area contributed by atoms with E-state index in [1.54, 1.807) is 7.11 Å². The van der Waals surface area contributed by atoms with Crippen LogP contribution < -0.4 is 4.90 Å². The Morgan fingerprint density at radius 2 is 2.07 bits per heavy atom. The Hall–Kier alpha value is -1.96. The molecule has 2 aromatic rings. The van der Waals surface area contributed by atoms with Crippen LogP contribution in [0.4, 0.5) is 5.82 Å². The Morgan fingerprint density at radius 3 is 2.86 bits per heavy atom. The van der Waals surface area contributed by atoms with Crippen LogP contribution in [0.1, 0.15) is 30.1 Å². The largest absolute Gasteiger partial charge is 0.383 e. The van der Waals surface area contributed by atoms with Crippen LogP contribution in [0.3, 0.4) is 0 Å². The maximum atomic E-state index is 5.43. The van der Waals surface area contributed by atoms with Gasteiger partial charge in [-0.25, -0.2) is 9.97 Å². The third kappa shape index (κ3) is 4.71. The fourth-order valence-electron chi connectivity index (χ4n) is 4.17. The van der Waals surface area contributed by atoms with Gasteiger partial charge in [0.2, 0.25) is 0 Å². The number of pyridine rings is 1. The highest BCUT2D eigenvalue weighted by atomic mass is 16.5. The van der Waals surface area contributed by atoms with Gasteiger partial charge in [0, 0.05) is 70.9 Å². The molecule has 28 heavy (non-hydrogen) atoms. The number of hydrogen-bond donors (Lipinski definition) is 0. The first-order valence-corrected chi connectivity index (χ1v) is 10.3. The van der Waals surface area contributed by atoms with Gasteiger partial charge < -0.3 is 18.9 Å². The summed E-state index contributed by atoms with van der Waals surface area (Å²) in [7, 11) is 1.74. The summed E-state index contributed by atoms with van der Waals surface area (Å²) in [5.74, 6) is 2.69. The zero-order valence-corrected chi connectivity index (χ0v) is 16.8. The lowest BCUT2D eigenvalue weighted by molar-refractivity contribution is 0.0341. The monoisotopic (exact) mass is 385 g/mol. The number of nitrogens with zero attached hydrogens (tertiary/aromatic N) is 5. The normalized spacial score (nSPS) is 21.2. The molecule has 2 fully saturated rings. The summed E-state index contributed by atoms with van der Waals surface area (Å²) in [4.78, 5) is 14.3. The molecule has 0 amide bonds. The minimum atomic E-state index is 0.440. The van der Waals surface area contributed by atoms with Crippen molar-refractivity contribution in [2.24, 2.45) is 0 Å². The van der Waals surface area contributed by atoms with E-state index in [2.05, 4.69) is 37.7 Å². The second-order valence-electron chi connectivity index (χ2n) is 7.67. The van der Waals surface area contributed by atoms with E-state index >= 15 is 0 Å². The minimum Gasteiger partial charge on any atom is -0.383 e. The summed E-state index contributed by atoms with van der Waals surface area (Å²) >= 11 is 0. The number of morpholine rings is 1. The summed E-state index contributed by atoms with van der Waals surface area (Å²) < 4.78 is 12.9. The first-order valence-electron chi connectivity index (χ1n) is 10.3. The van der Waals surface area contributed by atoms with Crippen molar-refractivity contribution >= 4 is 5.82 Å². The Bertz CT molecular complexity index is 727. The molecule has 7 nitrogen and oxygen atoms in total. The van der Waals surface area contributed by atoms with E-state index in [-0.39, 0.29) is 0 Å². The average molecular weight is 386 g/mol. The van der Waals surface area contributed by atoms with Gasteiger partial charge in [-0.05, 0) is 24.5 Å². The summed E-state index contributed by atoms with van der Waals surface area (Å²) in [5.41, 5.74) is 1.27. The van der Waals surface area contributed by atoms with Crippen molar-refractivity contribution in [2.45, 2.75) is 31.8 Å². The number of imidazole rings is 1. The SMILES string of the molecule is COCCn1ccnc1[C@H]1CCCN(c2ccc(CN3CCOCC3)cn2)C1. The topological polar surface area (TPSA) is 55.7 Å². The highest BCUT2D eigenvalue weighted by molar-refractivity contribution is 5.40. The highest BCUT2D eigenvalue weighted by Crippen LogP contribution is 2.28. The standard InChI is InChI=1S/C21H31N5O2/c1-27-12-11-25-8-6-22-21(25)19-3-2-7-26(17-19)20-5-4-18(15-23-20)16-24-9-13-28-14-10-24/h4-6,8,15,19H,2-3,7,9-14,16-17H2,1H3/t19-/m0/s1. The van der Waals surface area contributed by atoms with E-state index in [9.17, 15) is 0 Å². The molecule has 4 rings (SSSR count). The van der Waals surface area contributed by atoms with Crippen LogP contribution in [0.5, 0.6) is 0 Å². The number of methoxy groups -OCH3 is 1. The molecule has 0 radical (unpaired) electrons. The number of aromatic nitrogens is 3. The molecule has 0 saturated carbocycles. The zero-order valence-electron chi connectivity index (χ0n) is 16.8. The van der Waals surface area contributed by atoms with Crippen LogP contribution in [0.15, 0.2) is 30.7 Å². The van der Waals surface area contributed by atoms with Crippen LogP contribution in [0.2, 0.25) is 0 Å². The van der Waals surface area contributed by atoms with E-state index < -0.39 is 0 Å². The van der Waals surface area contributed by atoms with Crippen LogP contribution in [0.25, 0.3) is 0 Å². The number of anilines is 1. The van der Waals surface area contributed by atoms with Gasteiger partial charge in [-0.3, -0.25) is 4.90 Å². The maximum Gasteiger partial charge on any atom is 0.128 e. The van der Waals surface area contributed by atoms with Gasteiger partial charge in [0.25, 0.3) is 0 Å². The molecule has 2 aromatic heterocycles. The maximum absolute atomic E-state index is 5.43. The van der Waals surface area contributed by atoms with Crippen LogP contribution >= 0.6 is 0 Å². The van der Waals surface area contributed by atoms with Crippen LogP contribution in [-0.4, -0.2) is 72.5 Å². The average Bonchev–Trinajstić information content (AvgIpc) is 3.22. The highest BCUT2D eigenvalue weighted by Gasteiger charge is 2.25. The van der Waals surface area contributed by atoms with Crippen molar-refractivity contribution in [3.05, 3.63) is 42.1 Å². The van der Waals surface area contributed by atoms with Crippen LogP contribution in [0, 0.1) is 0 Å². The molecule has 2 aliphatic rings. The molecule has 2 aliphatic heterocycles. The predicted octanol–water partition coefficient (Wildman–Crippen LogP) is 2.14. The van der Waals surface area contributed by atoms with Crippen LogP contribution in [-0.2, 0) is 22.6 Å². The third-order valence-electron chi connectivity index (χ3n) is 5.71. The predicted molar refractivity (Wildman–Crippen MR) is 109 cm³/mol. The second-order valence-corrected chi connectivity index (χ2v) is 7.67. The van der Waals surface area contributed by atoms with Gasteiger partial charge in [-0.2, -0.15) is 0 Å². The Labute approximate surface area is 167 Å². The molecular weight excluding hydrogens is 354 g/mol. The van der Waals surface area contributed by atoms with E-state index in [1.165, 1.54) is 24.2 Å². The summed E-state index contributed by atoms with van der Waals surface area (Å²) in [5, 5.41) is 0. The molecule has 2 saturated heterocycles.